The molecule has 0 saturated carbocycles. The van der Waals surface area contributed by atoms with Crippen molar-refractivity contribution in [2.75, 3.05) is 13.2 Å². The van der Waals surface area contributed by atoms with Crippen LogP contribution in [-0.2, 0) is 22.6 Å². The third-order valence-corrected chi connectivity index (χ3v) is 2.98. The molecule has 1 aliphatic heterocycles. The van der Waals surface area contributed by atoms with Crippen LogP contribution in [-0.4, -0.2) is 29.0 Å². The van der Waals surface area contributed by atoms with Gasteiger partial charge >= 0.3 is 5.97 Å². The van der Waals surface area contributed by atoms with Crippen molar-refractivity contribution in [3.05, 3.63) is 15.9 Å². The first-order valence-corrected chi connectivity index (χ1v) is 6.53. The molecule has 0 aliphatic carbocycles. The molecule has 0 atom stereocenters. The molecule has 0 amide bonds. The molecule has 0 unspecified atom stereocenters. The van der Waals surface area contributed by atoms with Crippen LogP contribution in [0.4, 0.5) is 0 Å². The van der Waals surface area contributed by atoms with Crippen molar-refractivity contribution in [1.82, 2.24) is 9.78 Å². The van der Waals surface area contributed by atoms with Crippen LogP contribution in [0.5, 0.6) is 0 Å². The fourth-order valence-corrected chi connectivity index (χ4v) is 2.01. The van der Waals surface area contributed by atoms with Crippen molar-refractivity contribution in [3.8, 4) is 0 Å². The molecule has 96 valence electrons. The maximum absolute atomic E-state index is 11.5. The van der Waals surface area contributed by atoms with E-state index in [2.05, 4.69) is 21.0 Å². The van der Waals surface area contributed by atoms with Gasteiger partial charge in [-0.25, -0.2) is 4.79 Å². The van der Waals surface area contributed by atoms with Crippen LogP contribution in [0.3, 0.4) is 0 Å². The minimum absolute atomic E-state index is 0.331. The highest BCUT2D eigenvalue weighted by Gasteiger charge is 2.23. The number of hydrogen-bond acceptors (Lipinski definition) is 4. The van der Waals surface area contributed by atoms with Crippen LogP contribution in [0.15, 0.2) is 4.47 Å². The maximum atomic E-state index is 11.5. The van der Waals surface area contributed by atoms with Crippen LogP contribution < -0.4 is 0 Å². The Kier molecular flexibility index (Phi) is 5.64. The lowest BCUT2D eigenvalue weighted by atomic mass is 10.3. The highest BCUT2D eigenvalue weighted by molar-refractivity contribution is 9.10. The molecule has 0 fully saturated rings. The molecule has 1 aromatic heterocycles. The lowest BCUT2D eigenvalue weighted by Crippen LogP contribution is -2.17. The van der Waals surface area contributed by atoms with Gasteiger partial charge in [-0.05, 0) is 22.9 Å². The van der Waals surface area contributed by atoms with Gasteiger partial charge in [0.15, 0.2) is 5.69 Å². The predicted octanol–water partition coefficient (Wildman–Crippen LogP) is 2.38. The molecule has 6 heteroatoms. The first-order valence-electron chi connectivity index (χ1n) is 5.74. The Balaban J connectivity index is 0.000000686. The molecular weight excluding hydrogens is 288 g/mol. The van der Waals surface area contributed by atoms with Crippen molar-refractivity contribution >= 4 is 21.9 Å². The highest BCUT2D eigenvalue weighted by Crippen LogP contribution is 2.25. The second-order valence-electron chi connectivity index (χ2n) is 3.11. The van der Waals surface area contributed by atoms with Crippen LogP contribution in [0.2, 0.25) is 0 Å². The predicted molar refractivity (Wildman–Crippen MR) is 66.9 cm³/mol. The molecule has 0 spiro atoms. The van der Waals surface area contributed by atoms with E-state index in [1.807, 2.05) is 13.8 Å². The van der Waals surface area contributed by atoms with E-state index in [0.717, 1.165) is 5.69 Å². The lowest BCUT2D eigenvalue weighted by Gasteiger charge is -2.13. The summed E-state index contributed by atoms with van der Waals surface area (Å²) in [5.74, 6) is -0.397. The smallest absolute Gasteiger partial charge is 0.360 e. The summed E-state index contributed by atoms with van der Waals surface area (Å²) in [5, 5.41) is 4.18. The Labute approximate surface area is 109 Å². The van der Waals surface area contributed by atoms with Gasteiger partial charge in [-0.1, -0.05) is 13.8 Å². The van der Waals surface area contributed by atoms with Gasteiger partial charge in [0.05, 0.1) is 36.5 Å². The number of nitrogens with zero attached hydrogens (tertiary/aromatic N) is 2. The molecule has 0 N–H and O–H groups in total. The van der Waals surface area contributed by atoms with Gasteiger partial charge < -0.3 is 9.47 Å². The Hall–Kier alpha value is -0.880. The summed E-state index contributed by atoms with van der Waals surface area (Å²) in [7, 11) is 0. The van der Waals surface area contributed by atoms with Gasteiger partial charge in [-0.3, -0.25) is 4.68 Å². The van der Waals surface area contributed by atoms with E-state index in [1.54, 1.807) is 11.6 Å². The molecule has 0 aromatic carbocycles. The number of halogens is 1. The summed E-state index contributed by atoms with van der Waals surface area (Å²) >= 11 is 3.34. The van der Waals surface area contributed by atoms with E-state index in [-0.39, 0.29) is 0 Å². The minimum atomic E-state index is -0.397. The second kappa shape index (κ2) is 6.76. The molecular formula is C11H17BrN2O3. The Morgan fingerprint density at radius 1 is 1.59 bits per heavy atom. The van der Waals surface area contributed by atoms with Crippen molar-refractivity contribution in [2.45, 2.75) is 33.9 Å². The summed E-state index contributed by atoms with van der Waals surface area (Å²) < 4.78 is 12.6. The topological polar surface area (TPSA) is 53.3 Å². The van der Waals surface area contributed by atoms with E-state index in [9.17, 15) is 4.79 Å². The zero-order valence-electron chi connectivity index (χ0n) is 10.3. The fraction of sp³-hybridized carbons (Fsp3) is 0.636. The van der Waals surface area contributed by atoms with Crippen molar-refractivity contribution in [3.63, 3.8) is 0 Å². The van der Waals surface area contributed by atoms with E-state index < -0.39 is 5.97 Å². The largest absolute Gasteiger partial charge is 0.461 e. The Bertz CT molecular complexity index is 390. The molecule has 0 saturated heterocycles. The number of hydrogen-bond donors (Lipinski definition) is 0. The molecule has 1 aliphatic rings. The van der Waals surface area contributed by atoms with Crippen LogP contribution in [0, 0.1) is 0 Å². The van der Waals surface area contributed by atoms with Crippen molar-refractivity contribution in [2.24, 2.45) is 0 Å². The van der Waals surface area contributed by atoms with E-state index >= 15 is 0 Å². The summed E-state index contributed by atoms with van der Waals surface area (Å²) in [6.07, 6.45) is 0. The summed E-state index contributed by atoms with van der Waals surface area (Å²) in [5.41, 5.74) is 1.22. The third-order valence-electron chi connectivity index (χ3n) is 2.15. The Morgan fingerprint density at radius 3 is 2.88 bits per heavy atom. The summed E-state index contributed by atoms with van der Waals surface area (Å²) in [6.45, 7) is 7.90. The number of ether oxygens (including phenoxy) is 2. The van der Waals surface area contributed by atoms with Crippen LogP contribution >= 0.6 is 15.9 Å². The maximum Gasteiger partial charge on any atom is 0.360 e. The van der Waals surface area contributed by atoms with Gasteiger partial charge in [0.1, 0.15) is 0 Å². The monoisotopic (exact) mass is 304 g/mol. The first kappa shape index (κ1) is 14.2. The standard InChI is InChI=1S/C9H11BrN2O3.C2H6/c1-2-15-9(13)8-7(10)6-5-14-4-3-12(6)11-8;1-2/h2-5H2,1H3;1-2H3. The van der Waals surface area contributed by atoms with Crippen LogP contribution in [0.25, 0.3) is 0 Å². The number of rotatable bonds is 2. The minimum Gasteiger partial charge on any atom is -0.461 e. The molecule has 0 bridgehead atoms. The molecule has 1 aromatic rings. The van der Waals surface area contributed by atoms with E-state index in [4.69, 9.17) is 9.47 Å². The molecule has 2 heterocycles. The quantitative estimate of drug-likeness (QED) is 0.787. The molecule has 5 nitrogen and oxygen atoms in total. The second-order valence-corrected chi connectivity index (χ2v) is 3.90. The summed E-state index contributed by atoms with van der Waals surface area (Å²) in [4.78, 5) is 11.5. The number of esters is 1. The average molecular weight is 305 g/mol. The fourth-order valence-electron chi connectivity index (χ4n) is 1.45. The van der Waals surface area contributed by atoms with Gasteiger partial charge in [-0.15, -0.1) is 0 Å². The molecule has 2 rings (SSSR count). The van der Waals surface area contributed by atoms with E-state index in [1.165, 1.54) is 0 Å². The Morgan fingerprint density at radius 2 is 2.29 bits per heavy atom. The zero-order valence-corrected chi connectivity index (χ0v) is 11.9. The highest BCUT2D eigenvalue weighted by atomic mass is 79.9. The molecule has 17 heavy (non-hydrogen) atoms. The normalized spacial score (nSPS) is 13.4. The zero-order chi connectivity index (χ0) is 12.8. The van der Waals surface area contributed by atoms with Gasteiger partial charge in [0, 0.05) is 0 Å². The van der Waals surface area contributed by atoms with Crippen LogP contribution in [0.1, 0.15) is 37.0 Å². The number of carbonyl (C=O) groups excluding carboxylic acids is 1. The van der Waals surface area contributed by atoms with Crippen molar-refractivity contribution < 1.29 is 14.3 Å². The third kappa shape index (κ3) is 3.07. The number of carbonyl (C=O) groups is 1. The first-order chi connectivity index (χ1) is 8.24. The number of aromatic nitrogens is 2. The van der Waals surface area contributed by atoms with Gasteiger partial charge in [0.25, 0.3) is 0 Å². The van der Waals surface area contributed by atoms with Gasteiger partial charge in [0.2, 0.25) is 0 Å². The average Bonchev–Trinajstić information content (AvgIpc) is 2.70. The SMILES string of the molecule is CC.CCOC(=O)c1nn2c(c1Br)COCC2. The summed E-state index contributed by atoms with van der Waals surface area (Å²) in [6, 6.07) is 0. The number of fused-ring (bicyclic) bond motifs is 1. The van der Waals surface area contributed by atoms with Crippen molar-refractivity contribution in [1.29, 1.82) is 0 Å². The van der Waals surface area contributed by atoms with Gasteiger partial charge in [-0.2, -0.15) is 5.10 Å². The lowest BCUT2D eigenvalue weighted by molar-refractivity contribution is 0.0516. The molecule has 0 radical (unpaired) electrons. The van der Waals surface area contributed by atoms with E-state index in [0.29, 0.717) is 36.5 Å².